The lowest BCUT2D eigenvalue weighted by atomic mass is 10.1. The number of benzene rings is 1. The zero-order valence-electron chi connectivity index (χ0n) is 11.6. The largest absolute Gasteiger partial charge is 0.493 e. The summed E-state index contributed by atoms with van der Waals surface area (Å²) in [6, 6.07) is 7.10. The fourth-order valence-electron chi connectivity index (χ4n) is 2.56. The Balaban J connectivity index is 2.22. The van der Waals surface area contributed by atoms with E-state index in [0.29, 0.717) is 12.1 Å². The summed E-state index contributed by atoms with van der Waals surface area (Å²) in [5.41, 5.74) is 1.19. The first-order valence-corrected chi connectivity index (χ1v) is 6.37. The normalized spacial score (nSPS) is 23.9. The molecule has 1 heterocycles. The molecule has 4 heteroatoms. The summed E-state index contributed by atoms with van der Waals surface area (Å²) < 4.78 is 10.6. The molecular formula is C14H22N2O2. The van der Waals surface area contributed by atoms with Gasteiger partial charge in [-0.25, -0.2) is 0 Å². The van der Waals surface area contributed by atoms with E-state index >= 15 is 0 Å². The summed E-state index contributed by atoms with van der Waals surface area (Å²) in [7, 11) is 3.33. The number of nitrogens with zero attached hydrogens (tertiary/aromatic N) is 1. The number of rotatable bonds is 3. The molecule has 1 aromatic carbocycles. The molecule has 0 spiro atoms. The Bertz CT molecular complexity index is 399. The molecule has 0 aliphatic carbocycles. The van der Waals surface area contributed by atoms with Crippen molar-refractivity contribution in [1.29, 1.82) is 0 Å². The number of hydrogen-bond donors (Lipinski definition) is 1. The van der Waals surface area contributed by atoms with Gasteiger partial charge in [0, 0.05) is 36.9 Å². The van der Waals surface area contributed by atoms with E-state index in [1.165, 1.54) is 5.69 Å². The zero-order valence-corrected chi connectivity index (χ0v) is 11.6. The van der Waals surface area contributed by atoms with Gasteiger partial charge in [0.25, 0.3) is 0 Å². The van der Waals surface area contributed by atoms with E-state index < -0.39 is 0 Å². The van der Waals surface area contributed by atoms with Gasteiger partial charge < -0.3 is 19.7 Å². The van der Waals surface area contributed by atoms with Crippen molar-refractivity contribution in [2.75, 3.05) is 32.2 Å². The van der Waals surface area contributed by atoms with Gasteiger partial charge in [0.05, 0.1) is 14.2 Å². The van der Waals surface area contributed by atoms with E-state index in [2.05, 4.69) is 30.1 Å². The minimum atomic E-state index is 0.502. The minimum Gasteiger partial charge on any atom is -0.493 e. The first-order chi connectivity index (χ1) is 8.63. The maximum absolute atomic E-state index is 5.35. The molecule has 1 fully saturated rings. The van der Waals surface area contributed by atoms with Gasteiger partial charge in [-0.3, -0.25) is 0 Å². The molecule has 1 saturated heterocycles. The van der Waals surface area contributed by atoms with Crippen LogP contribution in [0.25, 0.3) is 0 Å². The third-order valence-electron chi connectivity index (χ3n) is 3.29. The van der Waals surface area contributed by atoms with Crippen LogP contribution < -0.4 is 19.7 Å². The smallest absolute Gasteiger partial charge is 0.162 e. The Morgan fingerprint density at radius 3 is 2.22 bits per heavy atom. The van der Waals surface area contributed by atoms with Gasteiger partial charge in [-0.15, -0.1) is 0 Å². The Morgan fingerprint density at radius 2 is 1.67 bits per heavy atom. The van der Waals surface area contributed by atoms with E-state index in [0.717, 1.165) is 24.6 Å². The maximum atomic E-state index is 5.35. The first kappa shape index (κ1) is 13.0. The highest BCUT2D eigenvalue weighted by molar-refractivity contribution is 5.56. The molecule has 1 N–H and O–H groups in total. The van der Waals surface area contributed by atoms with Crippen LogP contribution in [0.3, 0.4) is 0 Å². The van der Waals surface area contributed by atoms with Crippen LogP contribution in [0.15, 0.2) is 18.2 Å². The molecule has 2 rings (SSSR count). The average Bonchev–Trinajstić information content (AvgIpc) is 2.36. The van der Waals surface area contributed by atoms with E-state index in [9.17, 15) is 0 Å². The lowest BCUT2D eigenvalue weighted by molar-refractivity contribution is 0.354. The van der Waals surface area contributed by atoms with Crippen LogP contribution >= 0.6 is 0 Å². The molecular weight excluding hydrogens is 228 g/mol. The van der Waals surface area contributed by atoms with Gasteiger partial charge in [-0.2, -0.15) is 0 Å². The Hall–Kier alpha value is -1.42. The number of anilines is 1. The van der Waals surface area contributed by atoms with E-state index in [1.54, 1.807) is 14.2 Å². The summed E-state index contributed by atoms with van der Waals surface area (Å²) in [6.07, 6.45) is 0. The minimum absolute atomic E-state index is 0.502. The topological polar surface area (TPSA) is 33.7 Å². The van der Waals surface area contributed by atoms with Crippen molar-refractivity contribution in [3.05, 3.63) is 18.2 Å². The van der Waals surface area contributed by atoms with Crippen LogP contribution in [0.4, 0.5) is 5.69 Å². The number of methoxy groups -OCH3 is 2. The van der Waals surface area contributed by atoms with E-state index in [1.807, 2.05) is 12.1 Å². The SMILES string of the molecule is COc1ccc(N2CC(C)NC(C)C2)cc1OC. The van der Waals surface area contributed by atoms with Crippen molar-refractivity contribution in [3.8, 4) is 11.5 Å². The number of hydrogen-bond acceptors (Lipinski definition) is 4. The molecule has 0 amide bonds. The van der Waals surface area contributed by atoms with E-state index in [4.69, 9.17) is 9.47 Å². The molecule has 1 aliphatic rings. The first-order valence-electron chi connectivity index (χ1n) is 6.37. The van der Waals surface area contributed by atoms with Crippen LogP contribution in [0.2, 0.25) is 0 Å². The van der Waals surface area contributed by atoms with Crippen LogP contribution in [-0.4, -0.2) is 39.4 Å². The summed E-state index contributed by atoms with van der Waals surface area (Å²) in [5.74, 6) is 1.56. The van der Waals surface area contributed by atoms with Crippen molar-refractivity contribution >= 4 is 5.69 Å². The van der Waals surface area contributed by atoms with Crippen molar-refractivity contribution in [1.82, 2.24) is 5.32 Å². The molecule has 0 aromatic heterocycles. The van der Waals surface area contributed by atoms with Gasteiger partial charge in [0.2, 0.25) is 0 Å². The predicted molar refractivity (Wildman–Crippen MR) is 73.8 cm³/mol. The summed E-state index contributed by atoms with van der Waals surface area (Å²) in [4.78, 5) is 2.38. The highest BCUT2D eigenvalue weighted by Gasteiger charge is 2.21. The monoisotopic (exact) mass is 250 g/mol. The second-order valence-corrected chi connectivity index (χ2v) is 4.91. The third-order valence-corrected chi connectivity index (χ3v) is 3.29. The predicted octanol–water partition coefficient (Wildman–Crippen LogP) is 1.89. The number of ether oxygens (including phenoxy) is 2. The standard InChI is InChI=1S/C14H22N2O2/c1-10-8-16(9-11(2)15-10)12-5-6-13(17-3)14(7-12)18-4/h5-7,10-11,15H,8-9H2,1-4H3. The van der Waals surface area contributed by atoms with Crippen LogP contribution in [-0.2, 0) is 0 Å². The Morgan fingerprint density at radius 1 is 1.06 bits per heavy atom. The average molecular weight is 250 g/mol. The molecule has 2 atom stereocenters. The molecule has 100 valence electrons. The van der Waals surface area contributed by atoms with Crippen LogP contribution in [0, 0.1) is 0 Å². The molecule has 18 heavy (non-hydrogen) atoms. The Labute approximate surface area is 109 Å². The van der Waals surface area contributed by atoms with Crippen molar-refractivity contribution in [2.45, 2.75) is 25.9 Å². The fourth-order valence-corrected chi connectivity index (χ4v) is 2.56. The third kappa shape index (κ3) is 2.70. The fraction of sp³-hybridized carbons (Fsp3) is 0.571. The lowest BCUT2D eigenvalue weighted by Gasteiger charge is -2.37. The summed E-state index contributed by atoms with van der Waals surface area (Å²) in [6.45, 7) is 6.45. The maximum Gasteiger partial charge on any atom is 0.162 e. The van der Waals surface area contributed by atoms with Crippen molar-refractivity contribution in [2.24, 2.45) is 0 Å². The van der Waals surface area contributed by atoms with Gasteiger partial charge in [0.15, 0.2) is 11.5 Å². The molecule has 1 aliphatic heterocycles. The molecule has 0 radical (unpaired) electrons. The molecule has 0 bridgehead atoms. The molecule has 4 nitrogen and oxygen atoms in total. The van der Waals surface area contributed by atoms with E-state index in [-0.39, 0.29) is 0 Å². The number of nitrogens with one attached hydrogen (secondary N) is 1. The lowest BCUT2D eigenvalue weighted by Crippen LogP contribution is -2.54. The Kier molecular flexibility index (Phi) is 3.97. The number of piperazine rings is 1. The van der Waals surface area contributed by atoms with Gasteiger partial charge >= 0.3 is 0 Å². The highest BCUT2D eigenvalue weighted by atomic mass is 16.5. The van der Waals surface area contributed by atoms with Crippen molar-refractivity contribution in [3.63, 3.8) is 0 Å². The van der Waals surface area contributed by atoms with Gasteiger partial charge in [-0.1, -0.05) is 0 Å². The summed E-state index contributed by atoms with van der Waals surface area (Å²) in [5, 5.41) is 3.53. The molecule has 0 saturated carbocycles. The second kappa shape index (κ2) is 5.48. The molecule has 1 aromatic rings. The zero-order chi connectivity index (χ0) is 13.1. The quantitative estimate of drug-likeness (QED) is 0.888. The molecule has 2 unspecified atom stereocenters. The van der Waals surface area contributed by atoms with Gasteiger partial charge in [0.1, 0.15) is 0 Å². The highest BCUT2D eigenvalue weighted by Crippen LogP contribution is 2.32. The van der Waals surface area contributed by atoms with Crippen molar-refractivity contribution < 1.29 is 9.47 Å². The van der Waals surface area contributed by atoms with Crippen LogP contribution in [0.5, 0.6) is 11.5 Å². The summed E-state index contributed by atoms with van der Waals surface area (Å²) >= 11 is 0. The van der Waals surface area contributed by atoms with Crippen LogP contribution in [0.1, 0.15) is 13.8 Å². The second-order valence-electron chi connectivity index (χ2n) is 4.91. The van der Waals surface area contributed by atoms with Gasteiger partial charge in [-0.05, 0) is 26.0 Å².